The molecular formula is C46H48N8+4. The van der Waals surface area contributed by atoms with Gasteiger partial charge < -0.3 is 0 Å². The lowest BCUT2D eigenvalue weighted by Crippen LogP contribution is -2.28. The second kappa shape index (κ2) is 15.2. The van der Waals surface area contributed by atoms with Crippen molar-refractivity contribution in [3.8, 4) is 22.7 Å². The Morgan fingerprint density at radius 3 is 0.704 bits per heavy atom. The first-order valence-corrected chi connectivity index (χ1v) is 19.0. The molecule has 8 nitrogen and oxygen atoms in total. The van der Waals surface area contributed by atoms with Crippen LogP contribution in [-0.4, -0.2) is 18.3 Å². The maximum absolute atomic E-state index is 2.26. The Morgan fingerprint density at radius 2 is 0.537 bits per heavy atom. The zero-order valence-corrected chi connectivity index (χ0v) is 31.6. The summed E-state index contributed by atoms with van der Waals surface area (Å²) in [5, 5.41) is 0. The number of rotatable bonds is 12. The fraction of sp³-hybridized carbons (Fsp3) is 0.174. The second-order valence-corrected chi connectivity index (χ2v) is 13.5. The molecule has 0 unspecified atom stereocenters. The van der Waals surface area contributed by atoms with Gasteiger partial charge in [0.1, 0.15) is 72.3 Å². The minimum absolute atomic E-state index is 0.933. The Kier molecular flexibility index (Phi) is 9.73. The minimum Gasteiger partial charge on any atom is -0.237 e. The van der Waals surface area contributed by atoms with Gasteiger partial charge >= 0.3 is 0 Å². The first-order valence-electron chi connectivity index (χ1n) is 19.0. The van der Waals surface area contributed by atoms with Gasteiger partial charge in [0, 0.05) is 0 Å². The fourth-order valence-electron chi connectivity index (χ4n) is 7.05. The van der Waals surface area contributed by atoms with Gasteiger partial charge in [-0.25, -0.2) is 36.5 Å². The number of benzene rings is 4. The monoisotopic (exact) mass is 712 g/mol. The van der Waals surface area contributed by atoms with Crippen molar-refractivity contribution in [1.82, 2.24) is 18.3 Å². The van der Waals surface area contributed by atoms with E-state index >= 15 is 0 Å². The lowest BCUT2D eigenvalue weighted by atomic mass is 9.85. The van der Waals surface area contributed by atoms with E-state index in [-0.39, 0.29) is 0 Å². The molecule has 268 valence electrons. The summed E-state index contributed by atoms with van der Waals surface area (Å²) in [6, 6.07) is 35.9. The Hall–Kier alpha value is -6.54. The molecule has 0 spiro atoms. The van der Waals surface area contributed by atoms with E-state index in [0.29, 0.717) is 0 Å². The Bertz CT molecular complexity index is 2150. The highest BCUT2D eigenvalue weighted by molar-refractivity contribution is 6.04. The maximum atomic E-state index is 2.26. The highest BCUT2D eigenvalue weighted by atomic mass is 15.1. The number of imidazole rings is 4. The summed E-state index contributed by atoms with van der Waals surface area (Å²) >= 11 is 0. The number of aryl methyl sites for hydroxylation is 4. The molecule has 8 rings (SSSR count). The van der Waals surface area contributed by atoms with Crippen LogP contribution in [0.5, 0.6) is 0 Å². The molecule has 0 bridgehead atoms. The smallest absolute Gasteiger partial charge is 0.237 e. The van der Waals surface area contributed by atoms with Gasteiger partial charge in [-0.2, -0.15) is 0 Å². The summed E-state index contributed by atoms with van der Waals surface area (Å²) in [5.74, 6) is 0. The van der Waals surface area contributed by atoms with E-state index in [0.717, 1.165) is 71.2 Å². The van der Waals surface area contributed by atoms with E-state index in [1.165, 1.54) is 11.1 Å². The molecule has 8 aromatic rings. The second-order valence-electron chi connectivity index (χ2n) is 13.5. The van der Waals surface area contributed by atoms with Crippen molar-refractivity contribution < 1.29 is 18.3 Å². The molecule has 0 saturated heterocycles. The van der Waals surface area contributed by atoms with E-state index in [1.807, 2.05) is 0 Å². The zero-order chi connectivity index (χ0) is 37.0. The van der Waals surface area contributed by atoms with Crippen LogP contribution in [-0.2, 0) is 26.2 Å². The molecular weight excluding hydrogens is 665 g/mol. The van der Waals surface area contributed by atoms with Gasteiger partial charge in [0.25, 0.3) is 0 Å². The van der Waals surface area contributed by atoms with Crippen LogP contribution >= 0.6 is 0 Å². The molecule has 0 aliphatic carbocycles. The lowest BCUT2D eigenvalue weighted by Gasteiger charge is -2.19. The summed E-state index contributed by atoms with van der Waals surface area (Å²) in [6.45, 7) is 12.4. The summed E-state index contributed by atoms with van der Waals surface area (Å²) in [7, 11) is 0. The summed E-state index contributed by atoms with van der Waals surface area (Å²) in [6.07, 6.45) is 25.5. The quantitative estimate of drug-likeness (QED) is 0.0959. The molecule has 0 amide bonds. The topological polar surface area (TPSA) is 35.2 Å². The first kappa shape index (κ1) is 34.5. The molecule has 0 atom stereocenters. The van der Waals surface area contributed by atoms with E-state index in [2.05, 4.69) is 236 Å². The third-order valence-electron chi connectivity index (χ3n) is 10.3. The number of nitrogens with zero attached hydrogens (tertiary/aromatic N) is 8. The molecule has 0 N–H and O–H groups in total. The molecule has 0 radical (unpaired) electrons. The third-order valence-corrected chi connectivity index (χ3v) is 10.3. The van der Waals surface area contributed by atoms with Crippen LogP contribution in [0.2, 0.25) is 0 Å². The van der Waals surface area contributed by atoms with Gasteiger partial charge in [0.2, 0.25) is 25.3 Å². The molecule has 8 heteroatoms. The van der Waals surface area contributed by atoms with Gasteiger partial charge in [-0.15, -0.1) is 0 Å². The Balaban J connectivity index is 1.30. The van der Waals surface area contributed by atoms with Crippen molar-refractivity contribution in [2.24, 2.45) is 0 Å². The van der Waals surface area contributed by atoms with E-state index in [4.69, 9.17) is 0 Å². The molecule has 54 heavy (non-hydrogen) atoms. The van der Waals surface area contributed by atoms with Gasteiger partial charge in [-0.1, -0.05) is 48.5 Å². The van der Waals surface area contributed by atoms with Gasteiger partial charge in [0.05, 0.1) is 26.2 Å². The van der Waals surface area contributed by atoms with Crippen molar-refractivity contribution >= 4 is 11.1 Å². The SMILES string of the molecule is CC[n+]1ccn(-c2ccc(C(=C(c3ccc(-n4cc[n+](CC)c4)cc3)c3ccc(-n4cc[n+](CC)c4)cc3)c3ccc(-n4cc[n+](CC)c4)cc3)cc2)c1. The van der Waals surface area contributed by atoms with Crippen molar-refractivity contribution in [2.75, 3.05) is 0 Å². The highest BCUT2D eigenvalue weighted by Crippen LogP contribution is 2.38. The van der Waals surface area contributed by atoms with Crippen LogP contribution in [0, 0.1) is 0 Å². The van der Waals surface area contributed by atoms with Gasteiger partial charge in [0.15, 0.2) is 0 Å². The van der Waals surface area contributed by atoms with Gasteiger partial charge in [-0.05, 0) is 110 Å². The van der Waals surface area contributed by atoms with Crippen molar-refractivity contribution in [3.05, 3.63) is 194 Å². The summed E-state index contributed by atoms with van der Waals surface area (Å²) in [5.41, 5.74) is 11.5. The van der Waals surface area contributed by atoms with Crippen LogP contribution < -0.4 is 18.3 Å². The van der Waals surface area contributed by atoms with E-state index in [9.17, 15) is 0 Å². The van der Waals surface area contributed by atoms with Crippen LogP contribution in [0.15, 0.2) is 172 Å². The number of hydrogen-bond donors (Lipinski definition) is 0. The van der Waals surface area contributed by atoms with Crippen LogP contribution in [0.25, 0.3) is 33.9 Å². The summed E-state index contributed by atoms with van der Waals surface area (Å²) in [4.78, 5) is 0. The van der Waals surface area contributed by atoms with E-state index < -0.39 is 0 Å². The summed E-state index contributed by atoms with van der Waals surface area (Å²) < 4.78 is 17.4. The highest BCUT2D eigenvalue weighted by Gasteiger charge is 2.20. The normalized spacial score (nSPS) is 11.3. The van der Waals surface area contributed by atoms with Gasteiger partial charge in [-0.3, -0.25) is 0 Å². The number of aromatic nitrogens is 8. The number of hydrogen-bond acceptors (Lipinski definition) is 0. The average molecular weight is 713 g/mol. The fourth-order valence-corrected chi connectivity index (χ4v) is 7.05. The van der Waals surface area contributed by atoms with Crippen molar-refractivity contribution in [3.63, 3.8) is 0 Å². The van der Waals surface area contributed by atoms with Crippen LogP contribution in [0.3, 0.4) is 0 Å². The average Bonchev–Trinajstić information content (AvgIpc) is 4.08. The van der Waals surface area contributed by atoms with Crippen LogP contribution in [0.4, 0.5) is 0 Å². The molecule has 0 aliphatic rings. The predicted molar refractivity (Wildman–Crippen MR) is 212 cm³/mol. The van der Waals surface area contributed by atoms with Crippen molar-refractivity contribution in [2.45, 2.75) is 53.9 Å². The Labute approximate surface area is 317 Å². The van der Waals surface area contributed by atoms with Crippen LogP contribution in [0.1, 0.15) is 49.9 Å². The first-order chi connectivity index (χ1) is 26.5. The van der Waals surface area contributed by atoms with E-state index in [1.54, 1.807) is 0 Å². The molecule has 4 aromatic carbocycles. The maximum Gasteiger partial charge on any atom is 0.248 e. The van der Waals surface area contributed by atoms with Crippen molar-refractivity contribution in [1.29, 1.82) is 0 Å². The predicted octanol–water partition coefficient (Wildman–Crippen LogP) is 7.09. The molecule has 0 aliphatic heterocycles. The zero-order valence-electron chi connectivity index (χ0n) is 31.6. The minimum atomic E-state index is 0.933. The molecule has 0 saturated carbocycles. The Morgan fingerprint density at radius 1 is 0.333 bits per heavy atom. The standard InChI is InChI=1S/C46H48N8/c1-5-47-25-29-51(33-47)41-17-9-37(10-18-41)45(38-11-19-42(20-12-38)52-30-26-48(6-2)34-52)46(39-13-21-43(22-14-39)53-31-27-49(7-3)35-53)40-15-23-44(24-16-40)54-32-28-50(8-4)36-54/h9-36H,5-8H2,1-4H3/q+4. The lowest BCUT2D eigenvalue weighted by molar-refractivity contribution is -0.692. The molecule has 4 aromatic heterocycles. The third kappa shape index (κ3) is 6.98. The molecule has 4 heterocycles. The largest absolute Gasteiger partial charge is 0.248 e. The molecule has 0 fully saturated rings.